The van der Waals surface area contributed by atoms with Crippen LogP contribution in [0.15, 0.2) is 42.5 Å². The van der Waals surface area contributed by atoms with Gasteiger partial charge in [-0.25, -0.2) is 0 Å². The quantitative estimate of drug-likeness (QED) is 0.841. The van der Waals surface area contributed by atoms with E-state index in [1.165, 1.54) is 18.4 Å². The first-order valence-corrected chi connectivity index (χ1v) is 8.17. The Labute approximate surface area is 140 Å². The summed E-state index contributed by atoms with van der Waals surface area (Å²) in [4.78, 5) is 12.0. The topological polar surface area (TPSA) is 29.1 Å². The lowest BCUT2D eigenvalue weighted by Gasteiger charge is -2.07. The molecule has 2 nitrogen and oxygen atoms in total. The van der Waals surface area contributed by atoms with Gasteiger partial charge in [0.2, 0.25) is 5.91 Å². The number of halogens is 2. The summed E-state index contributed by atoms with van der Waals surface area (Å²) in [6.07, 6.45) is 2.91. The zero-order valence-corrected chi connectivity index (χ0v) is 13.6. The van der Waals surface area contributed by atoms with Gasteiger partial charge in [0.15, 0.2) is 0 Å². The molecule has 1 fully saturated rings. The van der Waals surface area contributed by atoms with Crippen molar-refractivity contribution in [3.8, 4) is 0 Å². The molecule has 1 aliphatic carbocycles. The zero-order valence-electron chi connectivity index (χ0n) is 12.1. The summed E-state index contributed by atoms with van der Waals surface area (Å²) in [7, 11) is 0. The Bertz CT molecular complexity index is 678. The fourth-order valence-corrected chi connectivity index (χ4v) is 2.74. The van der Waals surface area contributed by atoms with Gasteiger partial charge in [-0.15, -0.1) is 0 Å². The molecule has 1 aliphatic rings. The molecule has 0 heterocycles. The lowest BCUT2D eigenvalue weighted by Crippen LogP contribution is -2.24. The monoisotopic (exact) mass is 333 g/mol. The van der Waals surface area contributed by atoms with Crippen molar-refractivity contribution in [1.82, 2.24) is 5.32 Å². The van der Waals surface area contributed by atoms with Crippen LogP contribution in [0.4, 0.5) is 0 Å². The predicted octanol–water partition coefficient (Wildman–Crippen LogP) is 4.73. The van der Waals surface area contributed by atoms with E-state index in [0.717, 1.165) is 17.0 Å². The van der Waals surface area contributed by atoms with Crippen LogP contribution in [-0.4, -0.2) is 5.91 Å². The average Bonchev–Trinajstić information content (AvgIpc) is 3.34. The minimum Gasteiger partial charge on any atom is -0.352 e. The minimum absolute atomic E-state index is 0.0235. The summed E-state index contributed by atoms with van der Waals surface area (Å²) in [5.74, 6) is 0.739. The first-order chi connectivity index (χ1) is 10.6. The van der Waals surface area contributed by atoms with Crippen LogP contribution in [0.3, 0.4) is 0 Å². The maximum Gasteiger partial charge on any atom is 0.224 e. The summed E-state index contributed by atoms with van der Waals surface area (Å²) in [6.45, 7) is 0.547. The third-order valence-electron chi connectivity index (χ3n) is 3.87. The fraction of sp³-hybridized carbons (Fsp3) is 0.278. The third-order valence-corrected chi connectivity index (χ3v) is 4.61. The Kier molecular flexibility index (Phi) is 4.70. The van der Waals surface area contributed by atoms with Crippen LogP contribution in [0.5, 0.6) is 0 Å². The second-order valence-electron chi connectivity index (χ2n) is 5.72. The summed E-state index contributed by atoms with van der Waals surface area (Å²) in [5.41, 5.74) is 3.38. The Balaban J connectivity index is 1.51. The maximum atomic E-state index is 12.0. The Hall–Kier alpha value is -1.51. The molecule has 1 N–H and O–H groups in total. The van der Waals surface area contributed by atoms with E-state index in [0.29, 0.717) is 23.0 Å². The van der Waals surface area contributed by atoms with Gasteiger partial charge >= 0.3 is 0 Å². The van der Waals surface area contributed by atoms with Gasteiger partial charge in [0, 0.05) is 6.54 Å². The van der Waals surface area contributed by atoms with Crippen molar-refractivity contribution in [1.29, 1.82) is 0 Å². The molecule has 22 heavy (non-hydrogen) atoms. The highest BCUT2D eigenvalue weighted by atomic mass is 35.5. The molecule has 2 aromatic carbocycles. The number of amides is 1. The second kappa shape index (κ2) is 6.72. The third kappa shape index (κ3) is 4.02. The Morgan fingerprint density at radius 3 is 2.32 bits per heavy atom. The fourth-order valence-electron chi connectivity index (χ4n) is 2.42. The molecular formula is C18H17Cl2NO. The maximum absolute atomic E-state index is 12.0. The van der Waals surface area contributed by atoms with Crippen molar-refractivity contribution >= 4 is 29.1 Å². The number of hydrogen-bond donors (Lipinski definition) is 1. The molecule has 114 valence electrons. The van der Waals surface area contributed by atoms with Crippen LogP contribution in [0.25, 0.3) is 0 Å². The molecule has 0 aliphatic heterocycles. The van der Waals surface area contributed by atoms with Gasteiger partial charge in [-0.2, -0.15) is 0 Å². The molecular weight excluding hydrogens is 317 g/mol. The normalized spacial score (nSPS) is 13.9. The molecule has 0 unspecified atom stereocenters. The molecule has 0 saturated heterocycles. The number of carbonyl (C=O) groups excluding carboxylic acids is 1. The van der Waals surface area contributed by atoms with Gasteiger partial charge in [-0.3, -0.25) is 4.79 Å². The van der Waals surface area contributed by atoms with Gasteiger partial charge in [-0.1, -0.05) is 53.5 Å². The van der Waals surface area contributed by atoms with E-state index in [4.69, 9.17) is 23.2 Å². The van der Waals surface area contributed by atoms with Gasteiger partial charge in [0.1, 0.15) is 0 Å². The van der Waals surface area contributed by atoms with Crippen LogP contribution in [0.1, 0.15) is 35.4 Å². The largest absolute Gasteiger partial charge is 0.352 e. The number of hydrogen-bond acceptors (Lipinski definition) is 1. The van der Waals surface area contributed by atoms with Gasteiger partial charge < -0.3 is 5.32 Å². The lowest BCUT2D eigenvalue weighted by atomic mass is 10.1. The van der Waals surface area contributed by atoms with Crippen molar-refractivity contribution in [2.45, 2.75) is 31.7 Å². The highest BCUT2D eigenvalue weighted by molar-refractivity contribution is 6.42. The van der Waals surface area contributed by atoms with Crippen molar-refractivity contribution < 1.29 is 4.79 Å². The zero-order chi connectivity index (χ0) is 15.5. The van der Waals surface area contributed by atoms with E-state index in [1.54, 1.807) is 12.1 Å². The van der Waals surface area contributed by atoms with Crippen molar-refractivity contribution in [3.63, 3.8) is 0 Å². The van der Waals surface area contributed by atoms with E-state index in [9.17, 15) is 4.79 Å². The highest BCUT2D eigenvalue weighted by Crippen LogP contribution is 2.39. The SMILES string of the molecule is O=C(Cc1ccc(Cl)c(Cl)c1)NCc1ccc(C2CC2)cc1. The summed E-state index contributed by atoms with van der Waals surface area (Å²) < 4.78 is 0. The molecule has 0 spiro atoms. The number of nitrogens with one attached hydrogen (secondary N) is 1. The molecule has 1 saturated carbocycles. The molecule has 0 bridgehead atoms. The molecule has 1 amide bonds. The molecule has 0 aromatic heterocycles. The summed E-state index contributed by atoms with van der Waals surface area (Å²) in [5, 5.41) is 3.91. The lowest BCUT2D eigenvalue weighted by molar-refractivity contribution is -0.120. The van der Waals surface area contributed by atoms with Crippen molar-refractivity contribution in [2.75, 3.05) is 0 Å². The smallest absolute Gasteiger partial charge is 0.224 e. The summed E-state index contributed by atoms with van der Waals surface area (Å²) in [6, 6.07) is 13.8. The van der Waals surface area contributed by atoms with E-state index >= 15 is 0 Å². The molecule has 0 atom stereocenters. The van der Waals surface area contributed by atoms with Gasteiger partial charge in [0.25, 0.3) is 0 Å². The number of rotatable bonds is 5. The van der Waals surface area contributed by atoms with Crippen LogP contribution in [0, 0.1) is 0 Å². The number of carbonyl (C=O) groups is 1. The molecule has 4 heteroatoms. The van der Waals surface area contributed by atoms with E-state index in [1.807, 2.05) is 6.07 Å². The van der Waals surface area contributed by atoms with Gasteiger partial charge in [0.05, 0.1) is 16.5 Å². The second-order valence-corrected chi connectivity index (χ2v) is 6.53. The highest BCUT2D eigenvalue weighted by Gasteiger charge is 2.22. The number of benzene rings is 2. The van der Waals surface area contributed by atoms with Gasteiger partial charge in [-0.05, 0) is 47.6 Å². The molecule has 2 aromatic rings. The Morgan fingerprint density at radius 1 is 1.00 bits per heavy atom. The van der Waals surface area contributed by atoms with Crippen LogP contribution in [-0.2, 0) is 17.8 Å². The first-order valence-electron chi connectivity index (χ1n) is 7.41. The predicted molar refractivity (Wildman–Crippen MR) is 90.4 cm³/mol. The van der Waals surface area contributed by atoms with Crippen LogP contribution >= 0.6 is 23.2 Å². The first kappa shape index (κ1) is 15.4. The Morgan fingerprint density at radius 2 is 1.68 bits per heavy atom. The van der Waals surface area contributed by atoms with Crippen LogP contribution in [0.2, 0.25) is 10.0 Å². The molecule has 0 radical (unpaired) electrons. The van der Waals surface area contributed by atoms with E-state index in [-0.39, 0.29) is 5.91 Å². The van der Waals surface area contributed by atoms with Crippen molar-refractivity contribution in [3.05, 3.63) is 69.2 Å². The van der Waals surface area contributed by atoms with Crippen LogP contribution < -0.4 is 5.32 Å². The standard InChI is InChI=1S/C18H17Cl2NO/c19-16-8-3-13(9-17(16)20)10-18(22)21-11-12-1-4-14(5-2-12)15-6-7-15/h1-5,8-9,15H,6-7,10-11H2,(H,21,22). The van der Waals surface area contributed by atoms with E-state index in [2.05, 4.69) is 29.6 Å². The average molecular weight is 334 g/mol. The molecule has 3 rings (SSSR count). The van der Waals surface area contributed by atoms with Crippen molar-refractivity contribution in [2.24, 2.45) is 0 Å². The minimum atomic E-state index is -0.0235. The summed E-state index contributed by atoms with van der Waals surface area (Å²) >= 11 is 11.8. The van der Waals surface area contributed by atoms with E-state index < -0.39 is 0 Å².